The Balaban J connectivity index is 3.20. The average molecular weight is 395 g/mol. The van der Waals surface area contributed by atoms with Gasteiger partial charge >= 0.3 is 5.97 Å². The fourth-order valence-corrected chi connectivity index (χ4v) is 4.13. The quantitative estimate of drug-likeness (QED) is 0.132. The summed E-state index contributed by atoms with van der Waals surface area (Å²) < 4.78 is 10.5. The molecule has 0 saturated heterocycles. The van der Waals surface area contributed by atoms with E-state index >= 15 is 0 Å². The van der Waals surface area contributed by atoms with Gasteiger partial charge in [-0.25, -0.2) is 0 Å². The van der Waals surface area contributed by atoms with E-state index in [9.17, 15) is 14.4 Å². The molecule has 1 fully saturated rings. The molecule has 0 aliphatic heterocycles. The third kappa shape index (κ3) is 6.38. The maximum Gasteiger partial charge on any atom is 0.316 e. The van der Waals surface area contributed by atoms with Crippen LogP contribution in [-0.2, 0) is 23.9 Å². The highest BCUT2D eigenvalue weighted by molar-refractivity contribution is 8.00. The molecule has 0 amide bonds. The van der Waals surface area contributed by atoms with Crippen LogP contribution in [-0.4, -0.2) is 42.3 Å². The summed E-state index contributed by atoms with van der Waals surface area (Å²) in [5.74, 6) is -1.51. The molecule has 150 valence electrons. The van der Waals surface area contributed by atoms with Crippen LogP contribution >= 0.6 is 11.8 Å². The molecule has 3 atom stereocenters. The first-order chi connectivity index (χ1) is 12.9. The lowest BCUT2D eigenvalue weighted by Gasteiger charge is -2.31. The molecule has 0 bridgehead atoms. The Labute approximate surface area is 166 Å². The standard InChI is InChI=1S/C21H30O5S/c1-6-9-17(26-10-7-2)19-16(22)13-15(12-14(4)27-11-8-3)18(20(19)23)21(24)25-5/h7-8,14-15,18H,2-3,6,9-13H2,1,4-5H3. The van der Waals surface area contributed by atoms with E-state index in [1.807, 2.05) is 19.9 Å². The summed E-state index contributed by atoms with van der Waals surface area (Å²) in [6, 6.07) is 0. The lowest BCUT2D eigenvalue weighted by Crippen LogP contribution is -2.42. The molecule has 1 saturated carbocycles. The largest absolute Gasteiger partial charge is 0.493 e. The van der Waals surface area contributed by atoms with Gasteiger partial charge in [-0.1, -0.05) is 32.6 Å². The second-order valence-electron chi connectivity index (χ2n) is 6.57. The summed E-state index contributed by atoms with van der Waals surface area (Å²) in [6.07, 6.45) is 5.28. The highest BCUT2D eigenvalue weighted by atomic mass is 32.2. The molecule has 0 aromatic carbocycles. The first kappa shape index (κ1) is 23.2. The molecule has 0 aromatic rings. The van der Waals surface area contributed by atoms with Crippen LogP contribution in [0.1, 0.15) is 39.5 Å². The lowest BCUT2D eigenvalue weighted by molar-refractivity contribution is -0.152. The highest BCUT2D eigenvalue weighted by Crippen LogP contribution is 2.36. The molecule has 1 rings (SSSR count). The summed E-state index contributed by atoms with van der Waals surface area (Å²) in [6.45, 7) is 11.5. The summed E-state index contributed by atoms with van der Waals surface area (Å²) in [4.78, 5) is 38.3. The van der Waals surface area contributed by atoms with Crippen LogP contribution in [0, 0.1) is 11.8 Å². The number of methoxy groups -OCH3 is 1. The predicted octanol–water partition coefficient (Wildman–Crippen LogP) is 3.89. The van der Waals surface area contributed by atoms with Gasteiger partial charge in [0.05, 0.1) is 12.7 Å². The van der Waals surface area contributed by atoms with Gasteiger partial charge in [0, 0.05) is 23.8 Å². The van der Waals surface area contributed by atoms with Gasteiger partial charge < -0.3 is 9.47 Å². The van der Waals surface area contributed by atoms with Crippen molar-refractivity contribution >= 4 is 29.3 Å². The van der Waals surface area contributed by atoms with Gasteiger partial charge in [-0.2, -0.15) is 11.8 Å². The zero-order valence-corrected chi connectivity index (χ0v) is 17.3. The topological polar surface area (TPSA) is 69.7 Å². The number of ketones is 2. The number of Topliss-reactive ketones (excluding diaryl/α,β-unsaturated/α-hetero) is 2. The molecule has 5 nitrogen and oxygen atoms in total. The predicted molar refractivity (Wildman–Crippen MR) is 108 cm³/mol. The molecule has 0 spiro atoms. The fraction of sp³-hybridized carbons (Fsp3) is 0.571. The summed E-state index contributed by atoms with van der Waals surface area (Å²) >= 11 is 1.68. The van der Waals surface area contributed by atoms with Gasteiger partial charge in [-0.05, 0) is 18.8 Å². The zero-order valence-electron chi connectivity index (χ0n) is 16.5. The minimum Gasteiger partial charge on any atom is -0.493 e. The third-order valence-corrected chi connectivity index (χ3v) is 5.64. The number of hydrogen-bond donors (Lipinski definition) is 0. The molecule has 1 aliphatic carbocycles. The van der Waals surface area contributed by atoms with E-state index in [1.165, 1.54) is 7.11 Å². The van der Waals surface area contributed by atoms with E-state index in [2.05, 4.69) is 13.2 Å². The van der Waals surface area contributed by atoms with E-state index in [1.54, 1.807) is 17.8 Å². The number of thioether (sulfide) groups is 1. The van der Waals surface area contributed by atoms with Crippen molar-refractivity contribution in [1.82, 2.24) is 0 Å². The molecule has 3 unspecified atom stereocenters. The number of rotatable bonds is 11. The van der Waals surface area contributed by atoms with Crippen LogP contribution in [0.3, 0.4) is 0 Å². The van der Waals surface area contributed by atoms with Crippen LogP contribution in [0.5, 0.6) is 0 Å². The van der Waals surface area contributed by atoms with Gasteiger partial charge in [0.15, 0.2) is 11.6 Å². The molecular weight excluding hydrogens is 364 g/mol. The molecular formula is C21H30O5S. The van der Waals surface area contributed by atoms with Crippen molar-refractivity contribution in [3.05, 3.63) is 36.6 Å². The SMILES string of the molecule is C=CCOC(CCC)=C1C(=O)CC(CC(C)SCC=C)C(C(=O)OC)C1=O. The summed E-state index contributed by atoms with van der Waals surface area (Å²) in [5, 5.41) is 0.193. The number of carbonyl (C=O) groups is 3. The Kier molecular flexibility index (Phi) is 10.1. The van der Waals surface area contributed by atoms with E-state index in [0.29, 0.717) is 18.6 Å². The van der Waals surface area contributed by atoms with Crippen LogP contribution in [0.25, 0.3) is 0 Å². The Bertz CT molecular complexity index is 608. The van der Waals surface area contributed by atoms with E-state index in [4.69, 9.17) is 9.47 Å². The number of ether oxygens (including phenoxy) is 2. The average Bonchev–Trinajstić information content (AvgIpc) is 2.63. The first-order valence-electron chi connectivity index (χ1n) is 9.25. The van der Waals surface area contributed by atoms with Crippen molar-refractivity contribution in [3.8, 4) is 0 Å². The van der Waals surface area contributed by atoms with E-state index in [-0.39, 0.29) is 35.6 Å². The van der Waals surface area contributed by atoms with Crippen molar-refractivity contribution in [2.24, 2.45) is 11.8 Å². The van der Waals surface area contributed by atoms with E-state index in [0.717, 1.165) is 12.2 Å². The van der Waals surface area contributed by atoms with Crippen molar-refractivity contribution in [1.29, 1.82) is 0 Å². The van der Waals surface area contributed by atoms with Crippen LogP contribution in [0.4, 0.5) is 0 Å². The molecule has 0 N–H and O–H groups in total. The van der Waals surface area contributed by atoms with Gasteiger partial charge in [0.25, 0.3) is 0 Å². The Morgan fingerprint density at radius 3 is 2.59 bits per heavy atom. The summed E-state index contributed by atoms with van der Waals surface area (Å²) in [5.41, 5.74) is 0.0248. The molecule has 27 heavy (non-hydrogen) atoms. The maximum atomic E-state index is 13.1. The molecule has 0 heterocycles. The Hall–Kier alpha value is -1.82. The number of carbonyl (C=O) groups excluding carboxylic acids is 3. The second kappa shape index (κ2) is 11.8. The van der Waals surface area contributed by atoms with Crippen LogP contribution in [0.2, 0.25) is 0 Å². The van der Waals surface area contributed by atoms with Crippen molar-refractivity contribution in [2.75, 3.05) is 19.5 Å². The normalized spacial score (nSPS) is 22.8. The van der Waals surface area contributed by atoms with E-state index < -0.39 is 17.7 Å². The second-order valence-corrected chi connectivity index (χ2v) is 8.04. The molecule has 1 aliphatic rings. The molecule has 6 heteroatoms. The van der Waals surface area contributed by atoms with Crippen LogP contribution in [0.15, 0.2) is 36.6 Å². The molecule has 0 aromatic heterocycles. The summed E-state index contributed by atoms with van der Waals surface area (Å²) in [7, 11) is 1.27. The van der Waals surface area contributed by atoms with Gasteiger partial charge in [-0.3, -0.25) is 14.4 Å². The van der Waals surface area contributed by atoms with Gasteiger partial charge in [-0.15, -0.1) is 6.58 Å². The lowest BCUT2D eigenvalue weighted by atomic mass is 9.72. The first-order valence-corrected chi connectivity index (χ1v) is 10.3. The van der Waals surface area contributed by atoms with Crippen molar-refractivity contribution in [2.45, 2.75) is 44.8 Å². The number of esters is 1. The fourth-order valence-electron chi connectivity index (χ4n) is 3.29. The van der Waals surface area contributed by atoms with Crippen molar-refractivity contribution < 1.29 is 23.9 Å². The Morgan fingerprint density at radius 1 is 1.33 bits per heavy atom. The highest BCUT2D eigenvalue weighted by Gasteiger charge is 2.46. The maximum absolute atomic E-state index is 13.1. The zero-order chi connectivity index (χ0) is 20.4. The third-order valence-electron chi connectivity index (χ3n) is 4.45. The van der Waals surface area contributed by atoms with Gasteiger partial charge in [0.1, 0.15) is 18.3 Å². The minimum absolute atomic E-state index is 0.0248. The number of allylic oxidation sites excluding steroid dienone is 2. The van der Waals surface area contributed by atoms with Crippen molar-refractivity contribution in [3.63, 3.8) is 0 Å². The smallest absolute Gasteiger partial charge is 0.316 e. The minimum atomic E-state index is -0.964. The monoisotopic (exact) mass is 394 g/mol. The molecule has 0 radical (unpaired) electrons. The Morgan fingerprint density at radius 2 is 2.04 bits per heavy atom. The van der Waals surface area contributed by atoms with Gasteiger partial charge in [0.2, 0.25) is 0 Å². The number of hydrogen-bond acceptors (Lipinski definition) is 6. The van der Waals surface area contributed by atoms with Crippen LogP contribution < -0.4 is 0 Å².